The molecule has 0 bridgehead atoms. The zero-order valence-corrected chi connectivity index (χ0v) is 9.92. The van der Waals surface area contributed by atoms with Crippen LogP contribution in [0.5, 0.6) is 0 Å². The summed E-state index contributed by atoms with van der Waals surface area (Å²) in [4.78, 5) is 24.1. The van der Waals surface area contributed by atoms with Crippen molar-refractivity contribution in [3.05, 3.63) is 33.9 Å². The second kappa shape index (κ2) is 4.61. The molecule has 0 atom stereocenters. The summed E-state index contributed by atoms with van der Waals surface area (Å²) in [5, 5.41) is 10.9. The first-order valence-corrected chi connectivity index (χ1v) is 5.57. The van der Waals surface area contributed by atoms with E-state index in [1.807, 2.05) is 0 Å². The van der Waals surface area contributed by atoms with Crippen molar-refractivity contribution in [2.24, 2.45) is 5.84 Å². The van der Waals surface area contributed by atoms with E-state index in [2.05, 4.69) is 5.43 Å². The summed E-state index contributed by atoms with van der Waals surface area (Å²) in [7, 11) is 1.69. The van der Waals surface area contributed by atoms with Crippen molar-refractivity contribution >= 4 is 17.3 Å². The van der Waals surface area contributed by atoms with Crippen LogP contribution >= 0.6 is 0 Å². The van der Waals surface area contributed by atoms with Gasteiger partial charge in [-0.3, -0.25) is 20.8 Å². The highest BCUT2D eigenvalue weighted by Crippen LogP contribution is 2.31. The Balaban J connectivity index is 2.40. The third-order valence-corrected chi connectivity index (χ3v) is 3.03. The molecule has 1 aromatic carbocycles. The van der Waals surface area contributed by atoms with Crippen LogP contribution in [0.4, 0.5) is 11.4 Å². The summed E-state index contributed by atoms with van der Waals surface area (Å²) in [5.74, 6) is 5.04. The predicted octanol–water partition coefficient (Wildman–Crippen LogP) is 1.11. The molecule has 1 aromatic rings. The number of nitrogen functional groups attached to an aromatic ring is 1. The van der Waals surface area contributed by atoms with Gasteiger partial charge in [0.05, 0.1) is 10.5 Å². The minimum atomic E-state index is -0.566. The number of hydrogen-bond acceptors (Lipinski definition) is 5. The van der Waals surface area contributed by atoms with Crippen LogP contribution in [0.2, 0.25) is 0 Å². The topological polar surface area (TPSA) is 102 Å². The molecule has 0 spiro atoms. The molecule has 0 aromatic heterocycles. The van der Waals surface area contributed by atoms with Gasteiger partial charge >= 0.3 is 0 Å². The van der Waals surface area contributed by atoms with Gasteiger partial charge in [-0.05, 0) is 18.9 Å². The van der Waals surface area contributed by atoms with Crippen molar-refractivity contribution in [3.8, 4) is 0 Å². The van der Waals surface area contributed by atoms with Crippen LogP contribution in [-0.2, 0) is 0 Å². The molecule has 7 nitrogen and oxygen atoms in total. The van der Waals surface area contributed by atoms with E-state index in [1.165, 1.54) is 18.2 Å². The number of carbonyl (C=O) groups excluding carboxylic acids is 1. The van der Waals surface area contributed by atoms with E-state index in [4.69, 9.17) is 5.84 Å². The molecule has 1 aliphatic rings. The monoisotopic (exact) mass is 250 g/mol. The van der Waals surface area contributed by atoms with E-state index in [0.717, 1.165) is 12.8 Å². The number of hydrogen-bond donors (Lipinski definition) is 2. The maximum absolute atomic E-state index is 12.2. The quantitative estimate of drug-likeness (QED) is 0.473. The summed E-state index contributed by atoms with van der Waals surface area (Å²) in [6, 6.07) is 4.56. The van der Waals surface area contributed by atoms with Crippen LogP contribution in [0, 0.1) is 10.1 Å². The molecule has 7 heteroatoms. The minimum Gasteiger partial charge on any atom is -0.339 e. The molecule has 1 amide bonds. The van der Waals surface area contributed by atoms with Crippen molar-refractivity contribution in [1.82, 2.24) is 4.90 Å². The van der Waals surface area contributed by atoms with E-state index in [-0.39, 0.29) is 28.9 Å². The van der Waals surface area contributed by atoms with Crippen molar-refractivity contribution in [3.63, 3.8) is 0 Å². The van der Waals surface area contributed by atoms with Gasteiger partial charge in [0.25, 0.3) is 11.6 Å². The lowest BCUT2D eigenvalue weighted by atomic mass is 10.1. The Kier molecular flexibility index (Phi) is 3.15. The predicted molar refractivity (Wildman–Crippen MR) is 66.0 cm³/mol. The lowest BCUT2D eigenvalue weighted by molar-refractivity contribution is -0.384. The van der Waals surface area contributed by atoms with Crippen LogP contribution in [0.1, 0.15) is 23.2 Å². The molecule has 1 saturated carbocycles. The lowest BCUT2D eigenvalue weighted by Gasteiger charge is -2.18. The highest BCUT2D eigenvalue weighted by atomic mass is 16.6. The second-order valence-corrected chi connectivity index (χ2v) is 4.25. The molecule has 0 heterocycles. The molecule has 1 aliphatic carbocycles. The summed E-state index contributed by atoms with van der Waals surface area (Å²) in [5.41, 5.74) is 2.33. The third-order valence-electron chi connectivity index (χ3n) is 3.03. The zero-order chi connectivity index (χ0) is 13.3. The third kappa shape index (κ3) is 2.12. The fourth-order valence-corrected chi connectivity index (χ4v) is 1.84. The maximum Gasteiger partial charge on any atom is 0.294 e. The number of rotatable bonds is 4. The summed E-state index contributed by atoms with van der Waals surface area (Å²) in [6.45, 7) is 0. The standard InChI is InChI=1S/C11H14N4O3/c1-14(7-5-6-7)11(16)8-3-2-4-9(15(17)18)10(8)13-12/h2-4,7,13H,5-6,12H2,1H3. The largest absolute Gasteiger partial charge is 0.339 e. The highest BCUT2D eigenvalue weighted by molar-refractivity contribution is 6.01. The molecule has 0 unspecified atom stereocenters. The van der Waals surface area contributed by atoms with Crippen LogP contribution in [0.25, 0.3) is 0 Å². The summed E-state index contributed by atoms with van der Waals surface area (Å²) >= 11 is 0. The summed E-state index contributed by atoms with van der Waals surface area (Å²) in [6.07, 6.45) is 1.95. The molecule has 96 valence electrons. The average Bonchev–Trinajstić information content (AvgIpc) is 3.20. The zero-order valence-electron chi connectivity index (χ0n) is 9.92. The lowest BCUT2D eigenvalue weighted by Crippen LogP contribution is -2.30. The van der Waals surface area contributed by atoms with E-state index in [0.29, 0.717) is 0 Å². The van der Waals surface area contributed by atoms with Crippen molar-refractivity contribution in [1.29, 1.82) is 0 Å². The Morgan fingerprint density at radius 2 is 2.22 bits per heavy atom. The van der Waals surface area contributed by atoms with Gasteiger partial charge in [-0.1, -0.05) is 6.07 Å². The Hall–Kier alpha value is -2.15. The number of nitrogens with two attached hydrogens (primary N) is 1. The number of nitrogens with zero attached hydrogens (tertiary/aromatic N) is 2. The van der Waals surface area contributed by atoms with Crippen molar-refractivity contribution < 1.29 is 9.72 Å². The number of anilines is 1. The van der Waals surface area contributed by atoms with Gasteiger partial charge in [-0.15, -0.1) is 0 Å². The van der Waals surface area contributed by atoms with Crippen molar-refractivity contribution in [2.75, 3.05) is 12.5 Å². The molecule has 0 aliphatic heterocycles. The number of amides is 1. The van der Waals surface area contributed by atoms with Gasteiger partial charge in [0.15, 0.2) is 0 Å². The van der Waals surface area contributed by atoms with E-state index >= 15 is 0 Å². The van der Waals surface area contributed by atoms with Gasteiger partial charge in [0.2, 0.25) is 0 Å². The molecule has 0 radical (unpaired) electrons. The number of benzene rings is 1. The number of nitro groups is 1. The number of para-hydroxylation sites is 1. The Morgan fingerprint density at radius 3 is 2.72 bits per heavy atom. The number of nitrogens with one attached hydrogen (secondary N) is 1. The van der Waals surface area contributed by atoms with Gasteiger partial charge in [0, 0.05) is 19.2 Å². The summed E-state index contributed by atoms with van der Waals surface area (Å²) < 4.78 is 0. The molecule has 1 fully saturated rings. The number of carbonyl (C=O) groups is 1. The van der Waals surface area contributed by atoms with E-state index in [9.17, 15) is 14.9 Å². The van der Waals surface area contributed by atoms with Gasteiger partial charge < -0.3 is 10.3 Å². The fourth-order valence-electron chi connectivity index (χ4n) is 1.84. The molecule has 2 rings (SSSR count). The van der Waals surface area contributed by atoms with Gasteiger partial charge in [-0.25, -0.2) is 0 Å². The van der Waals surface area contributed by atoms with Gasteiger partial charge in [-0.2, -0.15) is 0 Å². The van der Waals surface area contributed by atoms with Crippen molar-refractivity contribution in [2.45, 2.75) is 18.9 Å². The molecular weight excluding hydrogens is 236 g/mol. The normalized spacial score (nSPS) is 14.1. The minimum absolute atomic E-state index is 0.0556. The van der Waals surface area contributed by atoms with E-state index < -0.39 is 4.92 Å². The first-order valence-electron chi connectivity index (χ1n) is 5.57. The average molecular weight is 250 g/mol. The highest BCUT2D eigenvalue weighted by Gasteiger charge is 2.32. The Labute approximate surface area is 104 Å². The maximum atomic E-state index is 12.2. The second-order valence-electron chi connectivity index (χ2n) is 4.25. The number of hydrazine groups is 1. The van der Waals surface area contributed by atoms with Gasteiger partial charge in [0.1, 0.15) is 5.69 Å². The smallest absolute Gasteiger partial charge is 0.294 e. The molecule has 18 heavy (non-hydrogen) atoms. The van der Waals surface area contributed by atoms with Crippen LogP contribution in [-0.4, -0.2) is 28.8 Å². The van der Waals surface area contributed by atoms with Crippen LogP contribution in [0.15, 0.2) is 18.2 Å². The Morgan fingerprint density at radius 1 is 1.56 bits per heavy atom. The first kappa shape index (κ1) is 12.3. The number of nitro benzene ring substituents is 1. The van der Waals surface area contributed by atoms with E-state index in [1.54, 1.807) is 11.9 Å². The molecule has 0 saturated heterocycles. The first-order chi connectivity index (χ1) is 8.56. The molecule has 3 N–H and O–H groups in total. The SMILES string of the molecule is CN(C(=O)c1cccc([N+](=O)[O-])c1NN)C1CC1. The fraction of sp³-hybridized carbons (Fsp3) is 0.364. The van der Waals surface area contributed by atoms with Crippen LogP contribution in [0.3, 0.4) is 0 Å². The van der Waals surface area contributed by atoms with Crippen LogP contribution < -0.4 is 11.3 Å². The molecular formula is C11H14N4O3. The Bertz CT molecular complexity index is 499.